The number of carbonyl (C=O) groups is 2. The van der Waals surface area contributed by atoms with E-state index in [-0.39, 0.29) is 11.1 Å². The molecule has 0 saturated heterocycles. The van der Waals surface area contributed by atoms with E-state index in [0.717, 1.165) is 0 Å². The summed E-state index contributed by atoms with van der Waals surface area (Å²) in [5.74, 6) is -1.76. The van der Waals surface area contributed by atoms with Crippen molar-refractivity contribution in [1.29, 1.82) is 0 Å². The summed E-state index contributed by atoms with van der Waals surface area (Å²) in [6.07, 6.45) is 1.42. The lowest BCUT2D eigenvalue weighted by atomic mass is 10.1. The number of carbonyl (C=O) groups excluding carboxylic acids is 1. The van der Waals surface area contributed by atoms with Crippen LogP contribution in [0, 0.1) is 0 Å². The molecule has 0 bridgehead atoms. The molecule has 1 amide bonds. The lowest BCUT2D eigenvalue weighted by Gasteiger charge is -2.03. The maximum atomic E-state index is 11.9. The third-order valence-electron chi connectivity index (χ3n) is 2.63. The first-order chi connectivity index (χ1) is 10.1. The number of hydrogen-bond donors (Lipinski definition) is 2. The summed E-state index contributed by atoms with van der Waals surface area (Å²) >= 11 is 5.82. The number of rotatable bonds is 4. The van der Waals surface area contributed by atoms with Gasteiger partial charge < -0.3 is 5.11 Å². The zero-order valence-corrected chi connectivity index (χ0v) is 11.5. The van der Waals surface area contributed by atoms with Gasteiger partial charge in [0.15, 0.2) is 0 Å². The van der Waals surface area contributed by atoms with E-state index in [0.29, 0.717) is 10.6 Å². The molecule has 21 heavy (non-hydrogen) atoms. The summed E-state index contributed by atoms with van der Waals surface area (Å²) in [6, 6.07) is 12.9. The highest BCUT2D eigenvalue weighted by atomic mass is 35.5. The lowest BCUT2D eigenvalue weighted by molar-refractivity contribution is 0.0691. The predicted molar refractivity (Wildman–Crippen MR) is 79.9 cm³/mol. The Balaban J connectivity index is 2.11. The van der Waals surface area contributed by atoms with E-state index >= 15 is 0 Å². The van der Waals surface area contributed by atoms with Crippen molar-refractivity contribution in [2.75, 3.05) is 0 Å². The number of hydrogen-bond acceptors (Lipinski definition) is 3. The van der Waals surface area contributed by atoms with Crippen LogP contribution in [0.2, 0.25) is 5.02 Å². The second kappa shape index (κ2) is 6.67. The molecule has 2 aromatic rings. The van der Waals surface area contributed by atoms with Crippen molar-refractivity contribution in [3.63, 3.8) is 0 Å². The van der Waals surface area contributed by atoms with Crippen molar-refractivity contribution in [3.8, 4) is 0 Å². The standard InChI is InChI=1S/C15H11ClN2O3/c16-11-5-3-4-10(8-11)9-17-18-14(19)12-6-1-2-7-13(12)15(20)21/h1-9H,(H,18,19)(H,20,21)/b17-9+. The molecule has 2 N–H and O–H groups in total. The van der Waals surface area contributed by atoms with Gasteiger partial charge in [-0.1, -0.05) is 35.9 Å². The summed E-state index contributed by atoms with van der Waals surface area (Å²) in [5, 5.41) is 13.4. The first kappa shape index (κ1) is 14.7. The molecule has 0 aliphatic carbocycles. The number of amides is 1. The van der Waals surface area contributed by atoms with Gasteiger partial charge in [0, 0.05) is 5.02 Å². The number of carboxylic acids is 1. The minimum atomic E-state index is -1.17. The van der Waals surface area contributed by atoms with Gasteiger partial charge in [-0.2, -0.15) is 5.10 Å². The van der Waals surface area contributed by atoms with E-state index < -0.39 is 11.9 Å². The third-order valence-corrected chi connectivity index (χ3v) is 2.87. The summed E-state index contributed by atoms with van der Waals surface area (Å²) < 4.78 is 0. The number of hydrazone groups is 1. The maximum absolute atomic E-state index is 11.9. The van der Waals surface area contributed by atoms with Crippen molar-refractivity contribution in [2.24, 2.45) is 5.10 Å². The molecule has 0 aromatic heterocycles. The average Bonchev–Trinajstić information content (AvgIpc) is 2.47. The van der Waals surface area contributed by atoms with Crippen LogP contribution >= 0.6 is 11.6 Å². The fourth-order valence-electron chi connectivity index (χ4n) is 1.68. The average molecular weight is 303 g/mol. The number of nitrogens with zero attached hydrogens (tertiary/aromatic N) is 1. The zero-order valence-electron chi connectivity index (χ0n) is 10.8. The molecule has 0 atom stereocenters. The van der Waals surface area contributed by atoms with Gasteiger partial charge in [-0.05, 0) is 29.8 Å². The SMILES string of the molecule is O=C(O)c1ccccc1C(=O)N/N=C/c1cccc(Cl)c1. The summed E-state index contributed by atoms with van der Waals surface area (Å²) in [7, 11) is 0. The highest BCUT2D eigenvalue weighted by molar-refractivity contribution is 6.30. The second-order valence-corrected chi connectivity index (χ2v) is 4.54. The molecule has 0 spiro atoms. The first-order valence-corrected chi connectivity index (χ1v) is 6.37. The van der Waals surface area contributed by atoms with Crippen molar-refractivity contribution in [3.05, 3.63) is 70.2 Å². The highest BCUT2D eigenvalue weighted by Crippen LogP contribution is 2.10. The largest absolute Gasteiger partial charge is 0.478 e. The molecule has 0 heterocycles. The van der Waals surface area contributed by atoms with Gasteiger partial charge in [0.1, 0.15) is 0 Å². The molecular weight excluding hydrogens is 292 g/mol. The predicted octanol–water partition coefficient (Wildman–Crippen LogP) is 2.80. The number of carboxylic acid groups (broad SMARTS) is 1. The van der Waals surface area contributed by atoms with Crippen molar-refractivity contribution < 1.29 is 14.7 Å². The quantitative estimate of drug-likeness (QED) is 0.673. The Morgan fingerprint density at radius 3 is 2.48 bits per heavy atom. The van der Waals surface area contributed by atoms with E-state index in [1.807, 2.05) is 0 Å². The summed E-state index contributed by atoms with van der Waals surface area (Å²) in [6.45, 7) is 0. The smallest absolute Gasteiger partial charge is 0.336 e. The van der Waals surface area contributed by atoms with E-state index in [4.69, 9.17) is 16.7 Å². The molecule has 106 valence electrons. The van der Waals surface area contributed by atoms with Crippen LogP contribution in [-0.2, 0) is 0 Å². The third kappa shape index (κ3) is 3.90. The molecular formula is C15H11ClN2O3. The summed E-state index contributed by atoms with van der Waals surface area (Å²) in [5.41, 5.74) is 2.98. The van der Waals surface area contributed by atoms with Crippen LogP contribution in [-0.4, -0.2) is 23.2 Å². The Hall–Kier alpha value is -2.66. The van der Waals surface area contributed by atoms with E-state index in [1.54, 1.807) is 36.4 Å². The number of halogens is 1. The van der Waals surface area contributed by atoms with Crippen LogP contribution in [0.25, 0.3) is 0 Å². The number of benzene rings is 2. The van der Waals surface area contributed by atoms with Gasteiger partial charge in [0.2, 0.25) is 0 Å². The van der Waals surface area contributed by atoms with Gasteiger partial charge in [-0.15, -0.1) is 0 Å². The Bertz CT molecular complexity index is 714. The van der Waals surface area contributed by atoms with Crippen molar-refractivity contribution in [1.82, 2.24) is 5.43 Å². The Morgan fingerprint density at radius 1 is 1.10 bits per heavy atom. The van der Waals surface area contributed by atoms with Gasteiger partial charge in [0.05, 0.1) is 17.3 Å². The fourth-order valence-corrected chi connectivity index (χ4v) is 1.88. The van der Waals surface area contributed by atoms with Gasteiger partial charge >= 0.3 is 5.97 Å². The van der Waals surface area contributed by atoms with E-state index in [9.17, 15) is 9.59 Å². The Morgan fingerprint density at radius 2 is 1.81 bits per heavy atom. The second-order valence-electron chi connectivity index (χ2n) is 4.10. The topological polar surface area (TPSA) is 78.8 Å². The number of nitrogens with one attached hydrogen (secondary N) is 1. The molecule has 0 radical (unpaired) electrons. The summed E-state index contributed by atoms with van der Waals surface area (Å²) in [4.78, 5) is 22.9. The van der Waals surface area contributed by atoms with Crippen molar-refractivity contribution >= 4 is 29.7 Å². The molecule has 5 nitrogen and oxygen atoms in total. The highest BCUT2D eigenvalue weighted by Gasteiger charge is 2.14. The lowest BCUT2D eigenvalue weighted by Crippen LogP contribution is -2.20. The van der Waals surface area contributed by atoms with E-state index in [2.05, 4.69) is 10.5 Å². The van der Waals surface area contributed by atoms with Gasteiger partial charge in [-0.25, -0.2) is 10.2 Å². The van der Waals surface area contributed by atoms with E-state index in [1.165, 1.54) is 18.3 Å². The molecule has 0 saturated carbocycles. The maximum Gasteiger partial charge on any atom is 0.336 e. The first-order valence-electron chi connectivity index (χ1n) is 5.99. The molecule has 0 aliphatic heterocycles. The molecule has 2 aromatic carbocycles. The monoisotopic (exact) mass is 302 g/mol. The van der Waals surface area contributed by atoms with Gasteiger partial charge in [0.25, 0.3) is 5.91 Å². The molecule has 0 aliphatic rings. The molecule has 0 unspecified atom stereocenters. The fraction of sp³-hybridized carbons (Fsp3) is 0. The van der Waals surface area contributed by atoms with Crippen LogP contribution in [0.5, 0.6) is 0 Å². The minimum absolute atomic E-state index is 0.0493. The zero-order chi connectivity index (χ0) is 15.2. The molecule has 2 rings (SSSR count). The van der Waals surface area contributed by atoms with Crippen molar-refractivity contribution in [2.45, 2.75) is 0 Å². The van der Waals surface area contributed by atoms with Gasteiger partial charge in [-0.3, -0.25) is 4.79 Å². The Kier molecular flexibility index (Phi) is 4.68. The van der Waals surface area contributed by atoms with Crippen LogP contribution in [0.15, 0.2) is 53.6 Å². The van der Waals surface area contributed by atoms with Crippen LogP contribution in [0.3, 0.4) is 0 Å². The molecule has 0 fully saturated rings. The normalized spacial score (nSPS) is 10.5. The number of aromatic carboxylic acids is 1. The van der Waals surface area contributed by atoms with Crippen LogP contribution < -0.4 is 5.43 Å². The Labute approximate surface area is 125 Å². The molecule has 6 heteroatoms. The van der Waals surface area contributed by atoms with Crippen LogP contribution in [0.4, 0.5) is 0 Å². The minimum Gasteiger partial charge on any atom is -0.478 e. The van der Waals surface area contributed by atoms with Crippen LogP contribution in [0.1, 0.15) is 26.3 Å².